The van der Waals surface area contributed by atoms with Crippen LogP contribution in [0, 0.1) is 6.92 Å². The molecule has 3 aromatic rings. The summed E-state index contributed by atoms with van der Waals surface area (Å²) in [6.07, 6.45) is 0.744. The number of nitrogens with one attached hydrogen (secondary N) is 1. The third kappa shape index (κ3) is 3.15. The molecular formula is C14H15N3OS2. The van der Waals surface area contributed by atoms with E-state index in [4.69, 9.17) is 4.52 Å². The van der Waals surface area contributed by atoms with E-state index in [-0.39, 0.29) is 6.04 Å². The Morgan fingerprint density at radius 1 is 1.20 bits per heavy atom. The van der Waals surface area contributed by atoms with Crippen LogP contribution in [0.5, 0.6) is 0 Å². The lowest BCUT2D eigenvalue weighted by atomic mass is 10.2. The van der Waals surface area contributed by atoms with E-state index in [1.165, 1.54) is 9.75 Å². The molecular weight excluding hydrogens is 290 g/mol. The molecule has 3 rings (SSSR count). The Morgan fingerprint density at radius 2 is 1.90 bits per heavy atom. The molecule has 0 fully saturated rings. The van der Waals surface area contributed by atoms with Crippen LogP contribution in [-0.2, 0) is 6.42 Å². The van der Waals surface area contributed by atoms with Gasteiger partial charge in [0.05, 0.1) is 6.04 Å². The minimum Gasteiger partial charge on any atom is -0.339 e. The van der Waals surface area contributed by atoms with E-state index in [0.29, 0.717) is 11.7 Å². The molecule has 3 aromatic heterocycles. The molecule has 104 valence electrons. The Balaban J connectivity index is 1.65. The highest BCUT2D eigenvalue weighted by atomic mass is 32.1. The highest BCUT2D eigenvalue weighted by Crippen LogP contribution is 2.28. The van der Waals surface area contributed by atoms with Gasteiger partial charge in [0.2, 0.25) is 5.89 Å². The van der Waals surface area contributed by atoms with Crippen LogP contribution < -0.4 is 5.32 Å². The molecule has 0 radical (unpaired) electrons. The minimum atomic E-state index is 0.249. The molecule has 0 aliphatic rings. The second-order valence-electron chi connectivity index (χ2n) is 4.40. The quantitative estimate of drug-likeness (QED) is 0.758. The van der Waals surface area contributed by atoms with Crippen molar-refractivity contribution in [2.45, 2.75) is 19.4 Å². The Bertz CT molecular complexity index is 597. The number of aromatic nitrogens is 2. The summed E-state index contributed by atoms with van der Waals surface area (Å²) in [5.74, 6) is 1.37. The fourth-order valence-electron chi connectivity index (χ4n) is 2.02. The maximum atomic E-state index is 5.13. The summed E-state index contributed by atoms with van der Waals surface area (Å²) >= 11 is 3.54. The molecule has 20 heavy (non-hydrogen) atoms. The lowest BCUT2D eigenvalue weighted by Gasteiger charge is -2.15. The first-order valence-electron chi connectivity index (χ1n) is 6.42. The third-order valence-electron chi connectivity index (χ3n) is 2.91. The molecule has 4 nitrogen and oxygen atoms in total. The van der Waals surface area contributed by atoms with Crippen molar-refractivity contribution in [2.75, 3.05) is 6.54 Å². The van der Waals surface area contributed by atoms with Gasteiger partial charge in [-0.3, -0.25) is 0 Å². The van der Waals surface area contributed by atoms with Crippen molar-refractivity contribution in [3.63, 3.8) is 0 Å². The number of rotatable bonds is 6. The van der Waals surface area contributed by atoms with Gasteiger partial charge in [-0.1, -0.05) is 17.3 Å². The highest BCUT2D eigenvalue weighted by molar-refractivity contribution is 7.11. The summed E-state index contributed by atoms with van der Waals surface area (Å²) in [7, 11) is 0. The van der Waals surface area contributed by atoms with Gasteiger partial charge in [0.25, 0.3) is 0 Å². The van der Waals surface area contributed by atoms with Gasteiger partial charge in [-0.25, -0.2) is 0 Å². The number of hydrogen-bond donors (Lipinski definition) is 1. The van der Waals surface area contributed by atoms with Gasteiger partial charge in [0.15, 0.2) is 5.82 Å². The predicted octanol–water partition coefficient (Wildman–Crippen LogP) is 3.42. The van der Waals surface area contributed by atoms with Crippen LogP contribution >= 0.6 is 22.7 Å². The van der Waals surface area contributed by atoms with Gasteiger partial charge < -0.3 is 9.84 Å². The maximum absolute atomic E-state index is 5.13. The number of thiophene rings is 2. The van der Waals surface area contributed by atoms with E-state index < -0.39 is 0 Å². The van der Waals surface area contributed by atoms with Crippen molar-refractivity contribution in [3.8, 4) is 0 Å². The first-order chi connectivity index (χ1) is 9.83. The molecule has 0 saturated heterocycles. The molecule has 0 aromatic carbocycles. The van der Waals surface area contributed by atoms with Crippen molar-refractivity contribution < 1.29 is 4.52 Å². The molecule has 0 amide bonds. The summed E-state index contributed by atoms with van der Waals surface area (Å²) < 4.78 is 5.13. The van der Waals surface area contributed by atoms with E-state index in [0.717, 1.165) is 13.0 Å². The lowest BCUT2D eigenvalue weighted by molar-refractivity contribution is 0.371. The zero-order valence-electron chi connectivity index (χ0n) is 11.1. The van der Waals surface area contributed by atoms with E-state index >= 15 is 0 Å². The van der Waals surface area contributed by atoms with Crippen molar-refractivity contribution in [1.82, 2.24) is 15.5 Å². The van der Waals surface area contributed by atoms with Crippen LogP contribution in [0.15, 0.2) is 39.5 Å². The van der Waals surface area contributed by atoms with Gasteiger partial charge in [0.1, 0.15) is 0 Å². The molecule has 0 spiro atoms. The minimum absolute atomic E-state index is 0.249. The zero-order valence-corrected chi connectivity index (χ0v) is 12.7. The van der Waals surface area contributed by atoms with Crippen LogP contribution in [0.2, 0.25) is 0 Å². The molecule has 0 atom stereocenters. The molecule has 0 aliphatic heterocycles. The van der Waals surface area contributed by atoms with Crippen LogP contribution in [-0.4, -0.2) is 16.7 Å². The fourth-order valence-corrected chi connectivity index (χ4v) is 3.73. The fraction of sp³-hybridized carbons (Fsp3) is 0.286. The van der Waals surface area contributed by atoms with E-state index in [2.05, 4.69) is 50.5 Å². The van der Waals surface area contributed by atoms with Crippen molar-refractivity contribution in [2.24, 2.45) is 0 Å². The van der Waals surface area contributed by atoms with Gasteiger partial charge in [-0.15, -0.1) is 22.7 Å². The van der Waals surface area contributed by atoms with E-state index in [9.17, 15) is 0 Å². The summed E-state index contributed by atoms with van der Waals surface area (Å²) in [5.41, 5.74) is 0. The first kappa shape index (κ1) is 13.5. The van der Waals surface area contributed by atoms with Gasteiger partial charge in [-0.2, -0.15) is 4.98 Å². The number of aryl methyl sites for hydroxylation is 1. The average Bonchev–Trinajstić information content (AvgIpc) is 3.18. The van der Waals surface area contributed by atoms with Crippen molar-refractivity contribution in [1.29, 1.82) is 0 Å². The van der Waals surface area contributed by atoms with Crippen LogP contribution in [0.25, 0.3) is 0 Å². The first-order valence-corrected chi connectivity index (χ1v) is 8.18. The Hall–Kier alpha value is -1.50. The van der Waals surface area contributed by atoms with Crippen molar-refractivity contribution >= 4 is 22.7 Å². The van der Waals surface area contributed by atoms with E-state index in [1.807, 2.05) is 6.92 Å². The predicted molar refractivity (Wildman–Crippen MR) is 81.2 cm³/mol. The molecule has 3 heterocycles. The Kier molecular flexibility index (Phi) is 4.25. The van der Waals surface area contributed by atoms with Crippen molar-refractivity contribution in [3.05, 3.63) is 56.5 Å². The second kappa shape index (κ2) is 6.30. The number of nitrogens with zero attached hydrogens (tertiary/aromatic N) is 2. The monoisotopic (exact) mass is 305 g/mol. The molecule has 0 unspecified atom stereocenters. The largest absolute Gasteiger partial charge is 0.339 e. The number of hydrogen-bond acceptors (Lipinski definition) is 6. The van der Waals surface area contributed by atoms with Gasteiger partial charge in [0, 0.05) is 22.7 Å². The van der Waals surface area contributed by atoms with Gasteiger partial charge in [-0.05, 0) is 29.8 Å². The van der Waals surface area contributed by atoms with Gasteiger partial charge >= 0.3 is 0 Å². The third-order valence-corrected chi connectivity index (χ3v) is 4.79. The second-order valence-corrected chi connectivity index (χ2v) is 6.36. The van der Waals surface area contributed by atoms with Crippen LogP contribution in [0.4, 0.5) is 0 Å². The topological polar surface area (TPSA) is 51.0 Å². The smallest absolute Gasteiger partial charge is 0.227 e. The standard InChI is InChI=1S/C14H15N3OS2/c1-10-16-13(18-17-10)6-7-15-14(11-4-2-8-19-11)12-5-3-9-20-12/h2-5,8-9,14-15H,6-7H2,1H3. The molecule has 0 bridgehead atoms. The molecule has 1 N–H and O–H groups in total. The molecule has 0 aliphatic carbocycles. The Morgan fingerprint density at radius 3 is 2.40 bits per heavy atom. The maximum Gasteiger partial charge on any atom is 0.227 e. The summed E-state index contributed by atoms with van der Waals surface area (Å²) in [5, 5.41) is 11.6. The summed E-state index contributed by atoms with van der Waals surface area (Å²) in [6.45, 7) is 2.64. The lowest BCUT2D eigenvalue weighted by Crippen LogP contribution is -2.23. The average molecular weight is 305 g/mol. The normalized spacial score (nSPS) is 11.3. The van der Waals surface area contributed by atoms with E-state index in [1.54, 1.807) is 22.7 Å². The van der Waals surface area contributed by atoms with Crippen LogP contribution in [0.3, 0.4) is 0 Å². The SMILES string of the molecule is Cc1noc(CCNC(c2cccs2)c2cccs2)n1. The molecule has 0 saturated carbocycles. The summed E-state index contributed by atoms with van der Waals surface area (Å²) in [4.78, 5) is 6.88. The highest BCUT2D eigenvalue weighted by Gasteiger charge is 2.15. The molecule has 6 heteroatoms. The Labute approximate surface area is 125 Å². The van der Waals surface area contributed by atoms with Crippen LogP contribution in [0.1, 0.15) is 27.5 Å². The zero-order chi connectivity index (χ0) is 13.8. The summed E-state index contributed by atoms with van der Waals surface area (Å²) in [6, 6.07) is 8.75.